The van der Waals surface area contributed by atoms with E-state index in [2.05, 4.69) is 15.0 Å². The summed E-state index contributed by atoms with van der Waals surface area (Å²) >= 11 is 0. The van der Waals surface area contributed by atoms with Gasteiger partial charge in [-0.1, -0.05) is 12.8 Å². The Labute approximate surface area is 159 Å². The van der Waals surface area contributed by atoms with Gasteiger partial charge in [-0.15, -0.1) is 0 Å². The van der Waals surface area contributed by atoms with Crippen molar-refractivity contribution in [2.75, 3.05) is 13.1 Å². The summed E-state index contributed by atoms with van der Waals surface area (Å²) in [5, 5.41) is 14.9. The Kier molecular flexibility index (Phi) is 5.64. The Balaban J connectivity index is 1.40. The Morgan fingerprint density at radius 2 is 1.74 bits per heavy atom. The minimum atomic E-state index is -0.170. The average Bonchev–Trinajstić information content (AvgIpc) is 2.71. The maximum Gasteiger partial charge on any atom is 0.266 e. The first-order valence-corrected chi connectivity index (χ1v) is 10.1. The highest BCUT2D eigenvalue weighted by Gasteiger charge is 2.31. The number of pyridine rings is 1. The number of hydrogen-bond donors (Lipinski definition) is 1. The summed E-state index contributed by atoms with van der Waals surface area (Å²) in [5.41, 5.74) is 1.73. The van der Waals surface area contributed by atoms with Gasteiger partial charge < -0.3 is 5.11 Å². The molecule has 2 aromatic rings. The topological polar surface area (TPSA) is 71.2 Å². The number of likely N-dealkylation sites (tertiary alicyclic amines) is 1. The molecule has 1 aliphatic carbocycles. The maximum atomic E-state index is 12.3. The molecule has 144 valence electrons. The molecule has 0 amide bonds. The predicted molar refractivity (Wildman–Crippen MR) is 104 cm³/mol. The first kappa shape index (κ1) is 18.3. The van der Waals surface area contributed by atoms with E-state index in [1.807, 2.05) is 12.1 Å². The van der Waals surface area contributed by atoms with Gasteiger partial charge in [-0.25, -0.2) is 4.68 Å². The molecule has 2 unspecified atom stereocenters. The minimum absolute atomic E-state index is 0.0436. The van der Waals surface area contributed by atoms with Gasteiger partial charge in [0.2, 0.25) is 0 Å². The molecule has 0 aromatic carbocycles. The van der Waals surface area contributed by atoms with Crippen LogP contribution in [0.2, 0.25) is 0 Å². The number of piperidine rings is 1. The summed E-state index contributed by atoms with van der Waals surface area (Å²) in [6.45, 7) is 2.68. The van der Waals surface area contributed by atoms with E-state index in [0.717, 1.165) is 56.5 Å². The first-order valence-electron chi connectivity index (χ1n) is 10.1. The van der Waals surface area contributed by atoms with Gasteiger partial charge in [-0.2, -0.15) is 5.10 Å². The molecule has 6 heteroatoms. The summed E-state index contributed by atoms with van der Waals surface area (Å²) < 4.78 is 1.62. The molecule has 1 saturated carbocycles. The summed E-state index contributed by atoms with van der Waals surface area (Å²) in [6.07, 6.45) is 9.83. The number of aliphatic hydroxyl groups excluding tert-OH is 1. The molecule has 2 fully saturated rings. The van der Waals surface area contributed by atoms with E-state index >= 15 is 0 Å². The van der Waals surface area contributed by atoms with Gasteiger partial charge in [0.25, 0.3) is 5.56 Å². The van der Waals surface area contributed by atoms with Gasteiger partial charge in [-0.3, -0.25) is 14.7 Å². The quantitative estimate of drug-likeness (QED) is 0.897. The number of aromatic nitrogens is 3. The number of aliphatic hydroxyl groups is 1. The SMILES string of the molecule is O=c1ccc(-c2ccncc2)nn1CC1CCN(C2CCCCC2O)CC1. The minimum Gasteiger partial charge on any atom is -0.391 e. The Hall–Kier alpha value is -2.05. The van der Waals surface area contributed by atoms with Crippen LogP contribution >= 0.6 is 0 Å². The van der Waals surface area contributed by atoms with Crippen LogP contribution in [0.3, 0.4) is 0 Å². The average molecular weight is 368 g/mol. The maximum absolute atomic E-state index is 12.3. The van der Waals surface area contributed by atoms with E-state index in [4.69, 9.17) is 0 Å². The largest absolute Gasteiger partial charge is 0.391 e. The third-order valence-electron chi connectivity index (χ3n) is 6.09. The first-order chi connectivity index (χ1) is 13.2. The molecule has 1 aliphatic heterocycles. The monoisotopic (exact) mass is 368 g/mol. The lowest BCUT2D eigenvalue weighted by Gasteiger charge is -2.41. The van der Waals surface area contributed by atoms with Crippen molar-refractivity contribution < 1.29 is 5.11 Å². The zero-order valence-corrected chi connectivity index (χ0v) is 15.7. The second-order valence-electron chi connectivity index (χ2n) is 7.87. The van der Waals surface area contributed by atoms with E-state index in [0.29, 0.717) is 18.5 Å². The fraction of sp³-hybridized carbons (Fsp3) is 0.571. The molecule has 27 heavy (non-hydrogen) atoms. The van der Waals surface area contributed by atoms with Gasteiger partial charge in [-0.05, 0) is 62.9 Å². The smallest absolute Gasteiger partial charge is 0.266 e. The van der Waals surface area contributed by atoms with Crippen LogP contribution in [0.15, 0.2) is 41.5 Å². The zero-order chi connectivity index (χ0) is 18.6. The molecule has 2 atom stereocenters. The summed E-state index contributed by atoms with van der Waals surface area (Å²) in [7, 11) is 0. The van der Waals surface area contributed by atoms with E-state index in [-0.39, 0.29) is 11.7 Å². The van der Waals surface area contributed by atoms with Crippen LogP contribution in [-0.4, -0.2) is 50.0 Å². The molecular weight excluding hydrogens is 340 g/mol. The van der Waals surface area contributed by atoms with E-state index in [9.17, 15) is 9.90 Å². The van der Waals surface area contributed by atoms with Crippen LogP contribution in [-0.2, 0) is 6.54 Å². The third kappa shape index (κ3) is 4.28. The summed E-state index contributed by atoms with van der Waals surface area (Å²) in [6, 6.07) is 7.53. The normalized spacial score (nSPS) is 24.8. The molecule has 0 spiro atoms. The lowest BCUT2D eigenvalue weighted by Crippen LogP contribution is -2.49. The summed E-state index contributed by atoms with van der Waals surface area (Å²) in [4.78, 5) is 18.8. The number of nitrogens with zero attached hydrogens (tertiary/aromatic N) is 4. The van der Waals surface area contributed by atoms with Crippen molar-refractivity contribution in [3.8, 4) is 11.3 Å². The fourth-order valence-electron chi connectivity index (χ4n) is 4.49. The highest BCUT2D eigenvalue weighted by atomic mass is 16.3. The van der Waals surface area contributed by atoms with Gasteiger partial charge in [0.1, 0.15) is 0 Å². The van der Waals surface area contributed by atoms with Crippen molar-refractivity contribution in [1.29, 1.82) is 0 Å². The van der Waals surface area contributed by atoms with Crippen LogP contribution in [0.1, 0.15) is 38.5 Å². The number of rotatable bonds is 4. The Bertz CT molecular complexity index is 799. The van der Waals surface area contributed by atoms with Crippen LogP contribution in [0.4, 0.5) is 0 Å². The van der Waals surface area contributed by atoms with Gasteiger partial charge in [0.15, 0.2) is 0 Å². The molecule has 0 radical (unpaired) electrons. The lowest BCUT2D eigenvalue weighted by atomic mass is 9.88. The fourth-order valence-corrected chi connectivity index (χ4v) is 4.49. The van der Waals surface area contributed by atoms with Crippen molar-refractivity contribution in [3.63, 3.8) is 0 Å². The van der Waals surface area contributed by atoms with Crippen LogP contribution in [0.5, 0.6) is 0 Å². The van der Waals surface area contributed by atoms with E-state index in [1.165, 1.54) is 6.42 Å². The van der Waals surface area contributed by atoms with Crippen molar-refractivity contribution in [1.82, 2.24) is 19.7 Å². The standard InChI is InChI=1S/C21H28N4O2/c26-20-4-2-1-3-19(20)24-13-9-16(10-14-24)15-25-21(27)6-5-18(23-25)17-7-11-22-12-8-17/h5-8,11-12,16,19-20,26H,1-4,9-10,13-15H2. The van der Waals surface area contributed by atoms with Crippen molar-refractivity contribution >= 4 is 0 Å². The summed E-state index contributed by atoms with van der Waals surface area (Å²) in [5.74, 6) is 0.458. The molecule has 2 aliphatic rings. The molecule has 1 N–H and O–H groups in total. The molecule has 6 nitrogen and oxygen atoms in total. The molecular formula is C21H28N4O2. The van der Waals surface area contributed by atoms with Crippen LogP contribution in [0, 0.1) is 5.92 Å². The van der Waals surface area contributed by atoms with Crippen LogP contribution in [0.25, 0.3) is 11.3 Å². The van der Waals surface area contributed by atoms with Gasteiger partial charge in [0, 0.05) is 36.6 Å². The second kappa shape index (κ2) is 8.31. The highest BCUT2D eigenvalue weighted by molar-refractivity contribution is 5.56. The van der Waals surface area contributed by atoms with Gasteiger partial charge >= 0.3 is 0 Å². The van der Waals surface area contributed by atoms with Crippen LogP contribution < -0.4 is 5.56 Å². The lowest BCUT2D eigenvalue weighted by molar-refractivity contribution is 0.00247. The molecule has 2 aromatic heterocycles. The van der Waals surface area contributed by atoms with Gasteiger partial charge in [0.05, 0.1) is 11.8 Å². The predicted octanol–water partition coefficient (Wildman–Crippen LogP) is 2.32. The third-order valence-corrected chi connectivity index (χ3v) is 6.09. The second-order valence-corrected chi connectivity index (χ2v) is 7.87. The van der Waals surface area contributed by atoms with Crippen molar-refractivity contribution in [3.05, 3.63) is 47.0 Å². The highest BCUT2D eigenvalue weighted by Crippen LogP contribution is 2.28. The molecule has 1 saturated heterocycles. The Morgan fingerprint density at radius 1 is 1.00 bits per heavy atom. The molecule has 4 rings (SSSR count). The Morgan fingerprint density at radius 3 is 2.48 bits per heavy atom. The van der Waals surface area contributed by atoms with Crippen molar-refractivity contribution in [2.24, 2.45) is 5.92 Å². The number of hydrogen-bond acceptors (Lipinski definition) is 5. The molecule has 3 heterocycles. The van der Waals surface area contributed by atoms with Crippen molar-refractivity contribution in [2.45, 2.75) is 57.2 Å². The van der Waals surface area contributed by atoms with E-state index in [1.54, 1.807) is 29.2 Å². The molecule has 0 bridgehead atoms. The van der Waals surface area contributed by atoms with E-state index < -0.39 is 0 Å². The zero-order valence-electron chi connectivity index (χ0n) is 15.7.